The SMILES string of the molecule is C[C@@H](Oc1cccc(Cl)c1)C(=O)NCc1nc(-c2cccs2)no1. The fourth-order valence-electron chi connectivity index (χ4n) is 1.94. The van der Waals surface area contributed by atoms with Gasteiger partial charge in [-0.2, -0.15) is 4.98 Å². The Morgan fingerprint density at radius 1 is 1.42 bits per heavy atom. The predicted octanol–water partition coefficient (Wildman–Crippen LogP) is 3.54. The first-order valence-corrected chi connectivity index (χ1v) is 8.44. The number of rotatable bonds is 6. The number of carbonyl (C=O) groups is 1. The Bertz CT molecular complexity index is 820. The van der Waals surface area contributed by atoms with Crippen LogP contribution in [-0.2, 0) is 11.3 Å². The van der Waals surface area contributed by atoms with E-state index < -0.39 is 6.10 Å². The number of carbonyl (C=O) groups excluding carboxylic acids is 1. The van der Waals surface area contributed by atoms with Gasteiger partial charge in [0.25, 0.3) is 5.91 Å². The van der Waals surface area contributed by atoms with Gasteiger partial charge in [-0.25, -0.2) is 0 Å². The van der Waals surface area contributed by atoms with E-state index in [0.717, 1.165) is 4.88 Å². The first-order chi connectivity index (χ1) is 11.6. The molecule has 2 aromatic heterocycles. The third kappa shape index (κ3) is 4.12. The van der Waals surface area contributed by atoms with Crippen LogP contribution in [0.2, 0.25) is 5.02 Å². The fourth-order valence-corrected chi connectivity index (χ4v) is 2.77. The summed E-state index contributed by atoms with van der Waals surface area (Å²) in [5.74, 6) is 1.09. The second-order valence-electron chi connectivity index (χ2n) is 4.92. The molecule has 124 valence electrons. The van der Waals surface area contributed by atoms with Crippen molar-refractivity contribution in [3.05, 3.63) is 52.7 Å². The van der Waals surface area contributed by atoms with Crippen molar-refractivity contribution in [3.63, 3.8) is 0 Å². The van der Waals surface area contributed by atoms with Gasteiger partial charge in [-0.3, -0.25) is 4.79 Å². The zero-order valence-corrected chi connectivity index (χ0v) is 14.3. The maximum Gasteiger partial charge on any atom is 0.261 e. The van der Waals surface area contributed by atoms with Gasteiger partial charge in [-0.05, 0) is 36.6 Å². The van der Waals surface area contributed by atoms with E-state index >= 15 is 0 Å². The lowest BCUT2D eigenvalue weighted by Gasteiger charge is -2.14. The highest BCUT2D eigenvalue weighted by molar-refractivity contribution is 7.13. The molecule has 0 spiro atoms. The van der Waals surface area contributed by atoms with E-state index in [1.807, 2.05) is 17.5 Å². The summed E-state index contributed by atoms with van der Waals surface area (Å²) in [6.07, 6.45) is -0.678. The van der Waals surface area contributed by atoms with Crippen molar-refractivity contribution in [2.24, 2.45) is 0 Å². The Hall–Kier alpha value is -2.38. The van der Waals surface area contributed by atoms with Gasteiger partial charge in [0.15, 0.2) is 6.10 Å². The van der Waals surface area contributed by atoms with Crippen LogP contribution in [0.4, 0.5) is 0 Å². The largest absolute Gasteiger partial charge is 0.481 e. The quantitative estimate of drug-likeness (QED) is 0.724. The number of hydrogen-bond donors (Lipinski definition) is 1. The summed E-state index contributed by atoms with van der Waals surface area (Å²) in [6.45, 7) is 1.79. The molecule has 3 aromatic rings. The number of hydrogen-bond acceptors (Lipinski definition) is 6. The Labute approximate surface area is 147 Å². The monoisotopic (exact) mass is 363 g/mol. The maximum atomic E-state index is 12.1. The Morgan fingerprint density at radius 3 is 3.04 bits per heavy atom. The van der Waals surface area contributed by atoms with Crippen molar-refractivity contribution in [1.82, 2.24) is 15.5 Å². The van der Waals surface area contributed by atoms with Crippen LogP contribution in [0.1, 0.15) is 12.8 Å². The number of benzene rings is 1. The van der Waals surface area contributed by atoms with Crippen LogP contribution in [0.25, 0.3) is 10.7 Å². The lowest BCUT2D eigenvalue weighted by atomic mass is 10.3. The van der Waals surface area contributed by atoms with E-state index in [2.05, 4.69) is 15.5 Å². The molecule has 0 fully saturated rings. The third-order valence-electron chi connectivity index (χ3n) is 3.10. The normalized spacial score (nSPS) is 11.9. The molecule has 2 heterocycles. The summed E-state index contributed by atoms with van der Waals surface area (Å²) in [5, 5.41) is 9.07. The highest BCUT2D eigenvalue weighted by Gasteiger charge is 2.16. The molecule has 1 aromatic carbocycles. The molecule has 3 rings (SSSR count). The smallest absolute Gasteiger partial charge is 0.261 e. The minimum Gasteiger partial charge on any atom is -0.481 e. The molecule has 0 saturated carbocycles. The first kappa shape index (κ1) is 16.5. The van der Waals surface area contributed by atoms with Crippen LogP contribution in [0.15, 0.2) is 46.3 Å². The van der Waals surface area contributed by atoms with Crippen molar-refractivity contribution in [1.29, 1.82) is 0 Å². The summed E-state index contributed by atoms with van der Waals surface area (Å²) in [6, 6.07) is 10.7. The van der Waals surface area contributed by atoms with Crippen LogP contribution < -0.4 is 10.1 Å². The topological polar surface area (TPSA) is 77.2 Å². The molecule has 1 atom stereocenters. The first-order valence-electron chi connectivity index (χ1n) is 7.18. The van der Waals surface area contributed by atoms with Crippen molar-refractivity contribution in [2.75, 3.05) is 0 Å². The lowest BCUT2D eigenvalue weighted by molar-refractivity contribution is -0.127. The van der Waals surface area contributed by atoms with Gasteiger partial charge >= 0.3 is 0 Å². The van der Waals surface area contributed by atoms with E-state index in [4.69, 9.17) is 20.9 Å². The van der Waals surface area contributed by atoms with Gasteiger partial charge in [-0.1, -0.05) is 28.9 Å². The molecule has 0 bridgehead atoms. The molecule has 1 N–H and O–H groups in total. The number of amides is 1. The fraction of sp³-hybridized carbons (Fsp3) is 0.188. The van der Waals surface area contributed by atoms with E-state index in [1.165, 1.54) is 11.3 Å². The summed E-state index contributed by atoms with van der Waals surface area (Å²) in [4.78, 5) is 17.2. The van der Waals surface area contributed by atoms with Crippen LogP contribution >= 0.6 is 22.9 Å². The molecule has 24 heavy (non-hydrogen) atoms. The lowest BCUT2D eigenvalue weighted by Crippen LogP contribution is -2.35. The van der Waals surface area contributed by atoms with Crippen LogP contribution in [-0.4, -0.2) is 22.2 Å². The summed E-state index contributed by atoms with van der Waals surface area (Å²) < 4.78 is 10.7. The zero-order chi connectivity index (χ0) is 16.9. The second kappa shape index (κ2) is 7.46. The molecule has 8 heteroatoms. The van der Waals surface area contributed by atoms with Crippen molar-refractivity contribution in [2.45, 2.75) is 19.6 Å². The number of aromatic nitrogens is 2. The average molecular weight is 364 g/mol. The van der Waals surface area contributed by atoms with Gasteiger partial charge in [0.1, 0.15) is 5.75 Å². The average Bonchev–Trinajstić information content (AvgIpc) is 3.23. The zero-order valence-electron chi connectivity index (χ0n) is 12.7. The van der Waals surface area contributed by atoms with Crippen molar-refractivity contribution in [3.8, 4) is 16.5 Å². The van der Waals surface area contributed by atoms with Crippen molar-refractivity contribution >= 4 is 28.8 Å². The van der Waals surface area contributed by atoms with Crippen LogP contribution in [0.3, 0.4) is 0 Å². The summed E-state index contributed by atoms with van der Waals surface area (Å²) >= 11 is 7.40. The second-order valence-corrected chi connectivity index (χ2v) is 6.31. The summed E-state index contributed by atoms with van der Waals surface area (Å²) in [5.41, 5.74) is 0. The molecule has 0 aliphatic carbocycles. The number of nitrogens with one attached hydrogen (secondary N) is 1. The van der Waals surface area contributed by atoms with Gasteiger partial charge in [0.05, 0.1) is 11.4 Å². The van der Waals surface area contributed by atoms with E-state index in [9.17, 15) is 4.79 Å². The van der Waals surface area contributed by atoms with Gasteiger partial charge < -0.3 is 14.6 Å². The predicted molar refractivity (Wildman–Crippen MR) is 91.0 cm³/mol. The highest BCUT2D eigenvalue weighted by atomic mass is 35.5. The molecular formula is C16H14ClN3O3S. The number of nitrogens with zero attached hydrogens (tertiary/aromatic N) is 2. The van der Waals surface area contributed by atoms with Gasteiger partial charge in [-0.15, -0.1) is 11.3 Å². The van der Waals surface area contributed by atoms with Gasteiger partial charge in [0.2, 0.25) is 11.7 Å². The Balaban J connectivity index is 1.53. The Kier molecular flexibility index (Phi) is 5.12. The molecule has 0 saturated heterocycles. The molecule has 0 radical (unpaired) electrons. The van der Waals surface area contributed by atoms with Gasteiger partial charge in [0, 0.05) is 5.02 Å². The van der Waals surface area contributed by atoms with E-state index in [1.54, 1.807) is 31.2 Å². The minimum absolute atomic E-state index is 0.139. The van der Waals surface area contributed by atoms with E-state index in [0.29, 0.717) is 22.5 Å². The number of thiophene rings is 1. The third-order valence-corrected chi connectivity index (χ3v) is 4.20. The maximum absolute atomic E-state index is 12.1. The van der Waals surface area contributed by atoms with Crippen LogP contribution in [0, 0.1) is 0 Å². The number of halogens is 1. The van der Waals surface area contributed by atoms with Crippen molar-refractivity contribution < 1.29 is 14.1 Å². The van der Waals surface area contributed by atoms with Crippen LogP contribution in [0.5, 0.6) is 5.75 Å². The molecule has 0 aliphatic rings. The molecular weight excluding hydrogens is 350 g/mol. The van der Waals surface area contributed by atoms with E-state index in [-0.39, 0.29) is 12.5 Å². The number of ether oxygens (including phenoxy) is 1. The minimum atomic E-state index is -0.678. The molecule has 0 unspecified atom stereocenters. The molecule has 0 aliphatic heterocycles. The standard InChI is InChI=1S/C16H14ClN3O3S/c1-10(22-12-5-2-4-11(17)8-12)16(21)18-9-14-19-15(20-23-14)13-6-3-7-24-13/h2-8,10H,9H2,1H3,(H,18,21)/t10-/m1/s1. The molecule has 6 nitrogen and oxygen atoms in total. The Morgan fingerprint density at radius 2 is 2.29 bits per heavy atom. The molecule has 1 amide bonds. The highest BCUT2D eigenvalue weighted by Crippen LogP contribution is 2.21. The summed E-state index contributed by atoms with van der Waals surface area (Å²) in [7, 11) is 0.